The summed E-state index contributed by atoms with van der Waals surface area (Å²) < 4.78 is 25.7. The number of rotatable bonds is 5. The second-order valence-corrected chi connectivity index (χ2v) is 6.08. The van der Waals surface area contributed by atoms with Gasteiger partial charge < -0.3 is 10.6 Å². The maximum atomic E-state index is 12.3. The molecule has 1 aromatic heterocycles. The molecule has 0 bridgehead atoms. The number of carbonyl (C=O) groups excluding carboxylic acids is 1. The first-order valence-corrected chi connectivity index (χ1v) is 7.15. The molecule has 0 radical (unpaired) electrons. The SMILES string of the molecule is CCN(CC(=O)N(C)C)S(=O)(=O)c1ccc(N)nc1. The highest BCUT2D eigenvalue weighted by Crippen LogP contribution is 2.15. The number of aromatic nitrogens is 1. The van der Waals surface area contributed by atoms with Crippen LogP contribution in [-0.2, 0) is 14.8 Å². The first-order valence-electron chi connectivity index (χ1n) is 5.71. The van der Waals surface area contributed by atoms with E-state index in [-0.39, 0.29) is 29.7 Å². The molecule has 106 valence electrons. The van der Waals surface area contributed by atoms with Crippen molar-refractivity contribution in [3.8, 4) is 0 Å². The van der Waals surface area contributed by atoms with Crippen LogP contribution in [0.4, 0.5) is 5.82 Å². The van der Waals surface area contributed by atoms with Crippen molar-refractivity contribution in [2.75, 3.05) is 32.9 Å². The minimum Gasteiger partial charge on any atom is -0.384 e. The molecule has 0 saturated heterocycles. The molecule has 19 heavy (non-hydrogen) atoms. The molecule has 0 saturated carbocycles. The lowest BCUT2D eigenvalue weighted by Gasteiger charge is -2.21. The fraction of sp³-hybridized carbons (Fsp3) is 0.455. The van der Waals surface area contributed by atoms with Gasteiger partial charge in [-0.1, -0.05) is 6.92 Å². The smallest absolute Gasteiger partial charge is 0.245 e. The highest BCUT2D eigenvalue weighted by molar-refractivity contribution is 7.89. The Labute approximate surface area is 113 Å². The first kappa shape index (κ1) is 15.4. The molecule has 0 aliphatic heterocycles. The number of hydrogen-bond donors (Lipinski definition) is 1. The van der Waals surface area contributed by atoms with Crippen molar-refractivity contribution in [2.45, 2.75) is 11.8 Å². The Bertz CT molecular complexity index is 540. The number of sulfonamides is 1. The van der Waals surface area contributed by atoms with Gasteiger partial charge in [0.15, 0.2) is 0 Å². The molecule has 0 fully saturated rings. The summed E-state index contributed by atoms with van der Waals surface area (Å²) in [7, 11) is -0.575. The number of nitrogens with two attached hydrogens (primary N) is 1. The molecule has 8 heteroatoms. The van der Waals surface area contributed by atoms with Crippen LogP contribution in [0.15, 0.2) is 23.2 Å². The third-order valence-corrected chi connectivity index (χ3v) is 4.46. The minimum atomic E-state index is -3.73. The van der Waals surface area contributed by atoms with E-state index in [1.807, 2.05) is 0 Å². The molecule has 0 atom stereocenters. The number of nitrogen functional groups attached to an aromatic ring is 1. The zero-order valence-corrected chi connectivity index (χ0v) is 12.0. The summed E-state index contributed by atoms with van der Waals surface area (Å²) in [6.07, 6.45) is 1.19. The van der Waals surface area contributed by atoms with Crippen molar-refractivity contribution in [1.29, 1.82) is 0 Å². The predicted molar refractivity (Wildman–Crippen MR) is 71.8 cm³/mol. The zero-order chi connectivity index (χ0) is 14.6. The van der Waals surface area contributed by atoms with E-state index in [1.54, 1.807) is 21.0 Å². The monoisotopic (exact) mass is 286 g/mol. The van der Waals surface area contributed by atoms with Gasteiger partial charge in [0, 0.05) is 26.8 Å². The average Bonchev–Trinajstić information content (AvgIpc) is 2.35. The van der Waals surface area contributed by atoms with Gasteiger partial charge in [-0.3, -0.25) is 4.79 Å². The molecular weight excluding hydrogens is 268 g/mol. The van der Waals surface area contributed by atoms with Crippen molar-refractivity contribution in [2.24, 2.45) is 0 Å². The van der Waals surface area contributed by atoms with Crippen LogP contribution in [0.25, 0.3) is 0 Å². The van der Waals surface area contributed by atoms with Crippen LogP contribution in [-0.4, -0.2) is 55.7 Å². The molecule has 1 amide bonds. The Morgan fingerprint density at radius 3 is 2.42 bits per heavy atom. The number of amides is 1. The van der Waals surface area contributed by atoms with E-state index in [2.05, 4.69) is 4.98 Å². The summed E-state index contributed by atoms with van der Waals surface area (Å²) >= 11 is 0. The van der Waals surface area contributed by atoms with E-state index < -0.39 is 10.0 Å². The molecular formula is C11H18N4O3S. The highest BCUT2D eigenvalue weighted by atomic mass is 32.2. The van der Waals surface area contributed by atoms with Crippen molar-refractivity contribution in [3.05, 3.63) is 18.3 Å². The minimum absolute atomic E-state index is 0.0232. The molecule has 0 spiro atoms. The quantitative estimate of drug-likeness (QED) is 0.806. The van der Waals surface area contributed by atoms with E-state index in [4.69, 9.17) is 5.73 Å². The molecule has 0 aliphatic carbocycles. The number of carbonyl (C=O) groups is 1. The van der Waals surface area contributed by atoms with E-state index in [0.717, 1.165) is 4.31 Å². The molecule has 2 N–H and O–H groups in total. The van der Waals surface area contributed by atoms with Crippen LogP contribution >= 0.6 is 0 Å². The van der Waals surface area contributed by atoms with Crippen molar-refractivity contribution in [3.63, 3.8) is 0 Å². The zero-order valence-electron chi connectivity index (χ0n) is 11.2. The molecule has 1 rings (SSSR count). The number of hydrogen-bond acceptors (Lipinski definition) is 5. The van der Waals surface area contributed by atoms with E-state index >= 15 is 0 Å². The van der Waals surface area contributed by atoms with Gasteiger partial charge in [0.05, 0.1) is 6.54 Å². The second kappa shape index (κ2) is 5.98. The van der Waals surface area contributed by atoms with Crippen LogP contribution in [0.2, 0.25) is 0 Å². The number of pyridine rings is 1. The van der Waals surface area contributed by atoms with E-state index in [9.17, 15) is 13.2 Å². The van der Waals surface area contributed by atoms with E-state index in [1.165, 1.54) is 23.2 Å². The van der Waals surface area contributed by atoms with Crippen LogP contribution < -0.4 is 5.73 Å². The largest absolute Gasteiger partial charge is 0.384 e. The Morgan fingerprint density at radius 1 is 1.37 bits per heavy atom. The number of anilines is 1. The summed E-state index contributed by atoms with van der Waals surface area (Å²) in [5, 5.41) is 0. The van der Waals surface area contributed by atoms with Crippen LogP contribution in [0.5, 0.6) is 0 Å². The summed E-state index contributed by atoms with van der Waals surface area (Å²) in [6, 6.07) is 2.79. The fourth-order valence-electron chi connectivity index (χ4n) is 1.35. The summed E-state index contributed by atoms with van der Waals surface area (Å²) in [5.41, 5.74) is 5.42. The molecule has 0 unspecified atom stereocenters. The molecule has 0 aliphatic rings. The van der Waals surface area contributed by atoms with Crippen LogP contribution in [0.3, 0.4) is 0 Å². The van der Waals surface area contributed by atoms with Crippen LogP contribution in [0, 0.1) is 0 Å². The third kappa shape index (κ3) is 3.65. The maximum absolute atomic E-state index is 12.3. The highest BCUT2D eigenvalue weighted by Gasteiger charge is 2.25. The average molecular weight is 286 g/mol. The van der Waals surface area contributed by atoms with Gasteiger partial charge in [-0.15, -0.1) is 0 Å². The van der Waals surface area contributed by atoms with E-state index in [0.29, 0.717) is 0 Å². The lowest BCUT2D eigenvalue weighted by Crippen LogP contribution is -2.40. The number of nitrogens with zero attached hydrogens (tertiary/aromatic N) is 3. The topological polar surface area (TPSA) is 96.6 Å². The maximum Gasteiger partial charge on any atom is 0.245 e. The summed E-state index contributed by atoms with van der Waals surface area (Å²) in [4.78, 5) is 16.8. The standard InChI is InChI=1S/C11H18N4O3S/c1-4-15(8-11(16)14(2)3)19(17,18)9-5-6-10(12)13-7-9/h5-7H,4,8H2,1-3H3,(H2,12,13). The van der Waals surface area contributed by atoms with Crippen molar-refractivity contribution in [1.82, 2.24) is 14.2 Å². The fourth-order valence-corrected chi connectivity index (χ4v) is 2.70. The Hall–Kier alpha value is -1.67. The van der Waals surface area contributed by atoms with Crippen molar-refractivity contribution < 1.29 is 13.2 Å². The third-order valence-electron chi connectivity index (χ3n) is 2.56. The Kier molecular flexibility index (Phi) is 4.84. The van der Waals surface area contributed by atoms with Gasteiger partial charge in [0.25, 0.3) is 0 Å². The molecule has 1 aromatic rings. The Morgan fingerprint density at radius 2 is 2.00 bits per heavy atom. The van der Waals surface area contributed by atoms with Gasteiger partial charge in [-0.05, 0) is 12.1 Å². The molecule has 7 nitrogen and oxygen atoms in total. The van der Waals surface area contributed by atoms with Gasteiger partial charge in [0.1, 0.15) is 10.7 Å². The number of likely N-dealkylation sites (N-methyl/N-ethyl adjacent to an activating group) is 2. The van der Waals surface area contributed by atoms with Crippen LogP contribution in [0.1, 0.15) is 6.92 Å². The predicted octanol–water partition coefficient (Wildman–Crippen LogP) is -0.237. The normalized spacial score (nSPS) is 11.6. The van der Waals surface area contributed by atoms with Gasteiger partial charge >= 0.3 is 0 Å². The Balaban J connectivity index is 3.02. The summed E-state index contributed by atoms with van der Waals surface area (Å²) in [5.74, 6) is -0.0415. The van der Waals surface area contributed by atoms with Gasteiger partial charge in [0.2, 0.25) is 15.9 Å². The first-order chi connectivity index (χ1) is 8.78. The lowest BCUT2D eigenvalue weighted by molar-refractivity contribution is -0.128. The molecule has 1 heterocycles. The van der Waals surface area contributed by atoms with Gasteiger partial charge in [-0.25, -0.2) is 13.4 Å². The summed E-state index contributed by atoms with van der Waals surface area (Å²) in [6.45, 7) is 1.67. The second-order valence-electron chi connectivity index (χ2n) is 4.14. The lowest BCUT2D eigenvalue weighted by atomic mass is 10.5. The van der Waals surface area contributed by atoms with Crippen molar-refractivity contribution >= 4 is 21.7 Å². The molecule has 0 aromatic carbocycles. The van der Waals surface area contributed by atoms with Gasteiger partial charge in [-0.2, -0.15) is 4.31 Å².